The van der Waals surface area contributed by atoms with Gasteiger partial charge >= 0.3 is 17.9 Å². The number of esters is 3. The third-order valence-electron chi connectivity index (χ3n) is 19.5. The van der Waals surface area contributed by atoms with Crippen molar-refractivity contribution in [2.24, 2.45) is 0 Å². The summed E-state index contributed by atoms with van der Waals surface area (Å²) >= 11 is 0. The van der Waals surface area contributed by atoms with Crippen molar-refractivity contribution in [3.8, 4) is 62.9 Å². The molecule has 3 aliphatic heterocycles. The highest BCUT2D eigenvalue weighted by molar-refractivity contribution is 6.09. The second-order valence-corrected chi connectivity index (χ2v) is 27.5. The number of hydrogen-bond donors (Lipinski definition) is 0. The van der Waals surface area contributed by atoms with Crippen molar-refractivity contribution in [3.05, 3.63) is 400 Å². The molecule has 576 valence electrons. The Hall–Kier alpha value is -13.7. The van der Waals surface area contributed by atoms with Crippen LogP contribution in [0.25, 0.3) is 11.1 Å². The Balaban J connectivity index is 0.908. The zero-order valence-electron chi connectivity index (χ0n) is 62.6. The van der Waals surface area contributed by atoms with Crippen molar-refractivity contribution in [1.29, 1.82) is 0 Å². The Kier molecular flexibility index (Phi) is 24.0. The van der Waals surface area contributed by atoms with Gasteiger partial charge < -0.3 is 71.1 Å². The molecule has 6 atom stereocenters. The fraction of sp³-hybridized carbons (Fsp3) is 0.165. The van der Waals surface area contributed by atoms with Crippen LogP contribution in [0.15, 0.2) is 328 Å². The number of benzene rings is 13. The van der Waals surface area contributed by atoms with Crippen LogP contribution in [0.3, 0.4) is 0 Å². The van der Waals surface area contributed by atoms with E-state index in [1.54, 1.807) is 0 Å². The van der Waals surface area contributed by atoms with Crippen molar-refractivity contribution in [2.75, 3.05) is 6.61 Å². The average molecular weight is 1530 g/mol. The van der Waals surface area contributed by atoms with Crippen molar-refractivity contribution in [3.63, 3.8) is 0 Å². The van der Waals surface area contributed by atoms with E-state index in [-0.39, 0.29) is 146 Å². The lowest BCUT2D eigenvalue weighted by molar-refractivity contribution is -0.351. The lowest BCUT2D eigenvalue weighted by Crippen LogP contribution is -2.64. The van der Waals surface area contributed by atoms with Crippen LogP contribution in [-0.2, 0) is 87.9 Å². The summed E-state index contributed by atoms with van der Waals surface area (Å²) in [6.07, 6.45) is -9.10. The predicted molar refractivity (Wildman–Crippen MR) is 428 cm³/mol. The van der Waals surface area contributed by atoms with E-state index in [0.717, 1.165) is 44.5 Å². The second-order valence-electron chi connectivity index (χ2n) is 27.5. The number of ether oxygens (including phenoxy) is 15. The van der Waals surface area contributed by atoms with Crippen LogP contribution in [0.5, 0.6) is 51.7 Å². The van der Waals surface area contributed by atoms with Crippen molar-refractivity contribution in [2.45, 2.75) is 96.5 Å². The molecule has 3 heterocycles. The highest BCUT2D eigenvalue weighted by Crippen LogP contribution is 2.57. The van der Waals surface area contributed by atoms with Gasteiger partial charge in [0.05, 0.1) is 23.3 Å². The summed E-state index contributed by atoms with van der Waals surface area (Å²) in [4.78, 5) is 50.1. The Morgan fingerprint density at radius 3 is 0.904 bits per heavy atom. The molecule has 0 N–H and O–H groups in total. The van der Waals surface area contributed by atoms with Gasteiger partial charge in [-0.1, -0.05) is 303 Å². The van der Waals surface area contributed by atoms with E-state index in [4.69, 9.17) is 71.1 Å². The molecule has 0 radical (unpaired) electrons. The molecule has 3 aliphatic rings. The fourth-order valence-electron chi connectivity index (χ4n) is 13.7. The molecule has 2 fully saturated rings. The van der Waals surface area contributed by atoms with Crippen molar-refractivity contribution in [1.82, 2.24) is 0 Å². The summed E-state index contributed by atoms with van der Waals surface area (Å²) < 4.78 is 104. The molecular formula is C97H80O18. The zero-order chi connectivity index (χ0) is 77.9. The number of hydrogen-bond acceptors (Lipinski definition) is 18. The SMILES string of the molecule is O=C(O[C@H]1O[C@@H]2CO[C@@H](c3ccccc3)O[C@H]2[C@@H]2OC(=O)c3cc(OCc4ccccc4)c(OCc4ccccc4)c(OCc4ccccc4)c3-c3c(cc(OCc4ccccc4)c(OCc4ccccc4)c3OCc3ccccc3)C(=O)O[C@@H]12)c1cc(OCc2ccccc2)c(OCc2ccccc2)c(OCc2ccccc2)c1. The molecule has 0 saturated carbocycles. The van der Waals surface area contributed by atoms with Gasteiger partial charge in [0.15, 0.2) is 46.9 Å². The molecule has 0 aliphatic carbocycles. The topological polar surface area (TPSA) is 190 Å². The highest BCUT2D eigenvalue weighted by Gasteiger charge is 2.56. The van der Waals surface area contributed by atoms with E-state index >= 15 is 14.4 Å². The Bertz CT molecular complexity index is 5320. The normalized spacial score (nSPS) is 16.7. The molecule has 0 unspecified atom stereocenters. The predicted octanol–water partition coefficient (Wildman–Crippen LogP) is 19.3. The van der Waals surface area contributed by atoms with Gasteiger partial charge in [0, 0.05) is 16.7 Å². The van der Waals surface area contributed by atoms with Gasteiger partial charge in [0.2, 0.25) is 29.6 Å². The quantitative estimate of drug-likeness (QED) is 0.0305. The Morgan fingerprint density at radius 1 is 0.296 bits per heavy atom. The highest BCUT2D eigenvalue weighted by atomic mass is 16.8. The summed E-state index contributed by atoms with van der Waals surface area (Å²) in [7, 11) is 0. The molecular weight excluding hydrogens is 1450 g/mol. The third-order valence-corrected chi connectivity index (χ3v) is 19.5. The minimum Gasteiger partial charge on any atom is -0.485 e. The minimum atomic E-state index is -1.92. The fourth-order valence-corrected chi connectivity index (χ4v) is 13.7. The van der Waals surface area contributed by atoms with Crippen LogP contribution in [0, 0.1) is 0 Å². The van der Waals surface area contributed by atoms with Gasteiger partial charge in [0.25, 0.3) is 0 Å². The summed E-state index contributed by atoms with van der Waals surface area (Å²) in [5.41, 5.74) is 6.92. The average Bonchev–Trinajstić information content (AvgIpc) is 0.727. The van der Waals surface area contributed by atoms with E-state index in [9.17, 15) is 0 Å². The summed E-state index contributed by atoms with van der Waals surface area (Å²) in [6, 6.07) is 101. The van der Waals surface area contributed by atoms with Crippen LogP contribution in [0.2, 0.25) is 0 Å². The second kappa shape index (κ2) is 36.7. The largest absolute Gasteiger partial charge is 0.485 e. The first-order valence-corrected chi connectivity index (χ1v) is 38.0. The van der Waals surface area contributed by atoms with Crippen LogP contribution >= 0.6 is 0 Å². The van der Waals surface area contributed by atoms with Gasteiger partial charge in [-0.25, -0.2) is 14.4 Å². The summed E-state index contributed by atoms with van der Waals surface area (Å²) in [5, 5.41) is 0. The number of carbonyl (C=O) groups excluding carboxylic acids is 3. The maximum Gasteiger partial charge on any atom is 0.340 e. The first kappa shape index (κ1) is 75.4. The zero-order valence-corrected chi connectivity index (χ0v) is 62.6. The van der Waals surface area contributed by atoms with Gasteiger partial charge in [-0.15, -0.1) is 0 Å². The Labute approximate surface area is 665 Å². The smallest absolute Gasteiger partial charge is 0.340 e. The molecule has 18 heteroatoms. The lowest BCUT2D eigenvalue weighted by Gasteiger charge is -2.48. The minimum absolute atomic E-state index is 0.0237. The number of fused-ring (bicyclic) bond motifs is 6. The summed E-state index contributed by atoms with van der Waals surface area (Å²) in [5.74, 6) is -2.67. The van der Waals surface area contributed by atoms with Crippen molar-refractivity contribution >= 4 is 17.9 Å². The summed E-state index contributed by atoms with van der Waals surface area (Å²) in [6.45, 7) is -0.425. The van der Waals surface area contributed by atoms with Gasteiger partial charge in [0.1, 0.15) is 71.7 Å². The molecule has 0 bridgehead atoms. The third kappa shape index (κ3) is 18.6. The molecule has 13 aromatic rings. The monoisotopic (exact) mass is 1530 g/mol. The molecule has 2 saturated heterocycles. The van der Waals surface area contributed by atoms with E-state index < -0.39 is 54.9 Å². The molecule has 0 amide bonds. The van der Waals surface area contributed by atoms with Crippen LogP contribution in [0.1, 0.15) is 93.0 Å². The first-order chi connectivity index (χ1) is 56.7. The van der Waals surface area contributed by atoms with Crippen LogP contribution in [0.4, 0.5) is 0 Å². The van der Waals surface area contributed by atoms with E-state index in [0.29, 0.717) is 11.1 Å². The van der Waals surface area contributed by atoms with E-state index in [1.165, 1.54) is 24.3 Å². The van der Waals surface area contributed by atoms with Crippen LogP contribution in [-0.4, -0.2) is 55.2 Å². The molecule has 115 heavy (non-hydrogen) atoms. The van der Waals surface area contributed by atoms with Gasteiger partial charge in [-0.2, -0.15) is 0 Å². The van der Waals surface area contributed by atoms with Gasteiger partial charge in [-0.3, -0.25) is 0 Å². The van der Waals surface area contributed by atoms with Crippen molar-refractivity contribution < 1.29 is 85.4 Å². The van der Waals surface area contributed by atoms with E-state index in [2.05, 4.69) is 0 Å². The first-order valence-electron chi connectivity index (χ1n) is 38.0. The standard InChI is InChI=1S/C97H80O18/c98-93(75-51-78(101-55-65-31-11-1-12-32-65)85(105-59-69-39-19-5-20-40-69)79(52-75)102-56-66-33-13-2-14-34-66)115-97-92-91(88-82(111-97)64-110-96(114-88)74-49-29-10-30-50-74)112-94(99)76-53-80(103-57-67-35-15-3-16-36-67)86(106-60-70-41-21-6-22-42-70)89(108-62-72-45-25-8-26-46-72)83(76)84-77(95(100)113-92)54-81(104-58-68-37-17-4-18-38-68)87(107-61-71-43-23-7-24-44-71)90(84)109-63-73-47-27-9-28-48-73/h1-54,82,88,91-92,96-97H,55-64H2/t82-,88-,91+,92-,96-,97-/m1/s1. The maximum absolute atomic E-state index is 17.1. The lowest BCUT2D eigenvalue weighted by atomic mass is 9.90. The number of rotatable bonds is 30. The molecule has 16 rings (SSSR count). The molecule has 0 spiro atoms. The Morgan fingerprint density at radius 2 is 0.574 bits per heavy atom. The van der Waals surface area contributed by atoms with Gasteiger partial charge in [-0.05, 0) is 74.3 Å². The van der Waals surface area contributed by atoms with E-state index in [1.807, 2.05) is 303 Å². The molecule has 18 nitrogen and oxygen atoms in total. The molecule has 13 aromatic carbocycles. The number of carbonyl (C=O) groups is 3. The maximum atomic E-state index is 17.1. The van der Waals surface area contributed by atoms with Crippen LogP contribution < -0.4 is 42.6 Å². The molecule has 0 aromatic heterocycles.